The second-order valence-electron chi connectivity index (χ2n) is 7.20. The van der Waals surface area contributed by atoms with Gasteiger partial charge in [0.1, 0.15) is 11.6 Å². The fourth-order valence-corrected chi connectivity index (χ4v) is 4.41. The molecule has 0 bridgehead atoms. The van der Waals surface area contributed by atoms with Crippen molar-refractivity contribution >= 4 is 27.5 Å². The number of phenols is 1. The van der Waals surface area contributed by atoms with Gasteiger partial charge in [0, 0.05) is 17.7 Å². The van der Waals surface area contributed by atoms with Gasteiger partial charge in [0.15, 0.2) is 11.5 Å². The van der Waals surface area contributed by atoms with E-state index in [1.165, 1.54) is 0 Å². The predicted octanol–water partition coefficient (Wildman–Crippen LogP) is 2.88. The van der Waals surface area contributed by atoms with Crippen molar-refractivity contribution < 1.29 is 14.6 Å². The van der Waals surface area contributed by atoms with E-state index < -0.39 is 5.54 Å². The second-order valence-corrected chi connectivity index (χ2v) is 8.23. The van der Waals surface area contributed by atoms with E-state index >= 15 is 0 Å². The SMILES string of the molecule is NC1(C(=O)N2CCOc3c(O)cc(-c4nc5ccccc5s4)cc3C2)CC1. The molecule has 6 nitrogen and oxygen atoms in total. The number of benzene rings is 2. The Hall–Kier alpha value is -2.64. The molecule has 2 heterocycles. The molecule has 0 unspecified atom stereocenters. The molecule has 7 heteroatoms. The van der Waals surface area contributed by atoms with Crippen LogP contribution in [0.3, 0.4) is 0 Å². The normalized spacial score (nSPS) is 17.9. The van der Waals surface area contributed by atoms with E-state index in [9.17, 15) is 9.90 Å². The van der Waals surface area contributed by atoms with E-state index in [1.807, 2.05) is 30.3 Å². The molecule has 2 aromatic carbocycles. The number of aromatic nitrogens is 1. The van der Waals surface area contributed by atoms with Gasteiger partial charge >= 0.3 is 0 Å². The third-order valence-electron chi connectivity index (χ3n) is 5.16. The Morgan fingerprint density at radius 2 is 2.11 bits per heavy atom. The fraction of sp³-hybridized carbons (Fsp3) is 0.300. The molecule has 5 rings (SSSR count). The Labute approximate surface area is 160 Å². The summed E-state index contributed by atoms with van der Waals surface area (Å²) in [4.78, 5) is 19.1. The van der Waals surface area contributed by atoms with Gasteiger partial charge in [-0.15, -0.1) is 11.3 Å². The average Bonchev–Trinajstić information content (AvgIpc) is 3.32. The van der Waals surface area contributed by atoms with E-state index in [0.717, 1.165) is 39.2 Å². The summed E-state index contributed by atoms with van der Waals surface area (Å²) in [6.07, 6.45) is 1.46. The number of aromatic hydroxyl groups is 1. The zero-order valence-corrected chi connectivity index (χ0v) is 15.5. The lowest BCUT2D eigenvalue weighted by Crippen LogP contribution is -2.46. The minimum atomic E-state index is -0.711. The molecule has 1 aliphatic heterocycles. The number of nitrogens with zero attached hydrogens (tertiary/aromatic N) is 2. The highest BCUT2D eigenvalue weighted by Crippen LogP contribution is 2.41. The van der Waals surface area contributed by atoms with E-state index in [4.69, 9.17) is 10.5 Å². The van der Waals surface area contributed by atoms with Crippen LogP contribution in [-0.2, 0) is 11.3 Å². The molecule has 0 atom stereocenters. The van der Waals surface area contributed by atoms with Crippen LogP contribution < -0.4 is 10.5 Å². The van der Waals surface area contributed by atoms with E-state index in [-0.39, 0.29) is 11.7 Å². The van der Waals surface area contributed by atoms with Crippen LogP contribution >= 0.6 is 11.3 Å². The predicted molar refractivity (Wildman–Crippen MR) is 104 cm³/mol. The smallest absolute Gasteiger partial charge is 0.243 e. The van der Waals surface area contributed by atoms with E-state index in [2.05, 4.69) is 4.98 Å². The van der Waals surface area contributed by atoms with Crippen LogP contribution in [0.1, 0.15) is 18.4 Å². The minimum absolute atomic E-state index is 0.0381. The van der Waals surface area contributed by atoms with Gasteiger partial charge < -0.3 is 20.5 Å². The zero-order valence-electron chi connectivity index (χ0n) is 14.6. The fourth-order valence-electron chi connectivity index (χ4n) is 3.45. The lowest BCUT2D eigenvalue weighted by Gasteiger charge is -2.23. The van der Waals surface area contributed by atoms with Crippen LogP contribution in [0.4, 0.5) is 0 Å². The van der Waals surface area contributed by atoms with Crippen LogP contribution in [-0.4, -0.2) is 39.6 Å². The number of ether oxygens (including phenoxy) is 1. The first-order chi connectivity index (χ1) is 13.0. The summed E-state index contributed by atoms with van der Waals surface area (Å²) in [6, 6.07) is 11.6. The van der Waals surface area contributed by atoms with Gasteiger partial charge in [0.2, 0.25) is 5.91 Å². The topological polar surface area (TPSA) is 88.7 Å². The number of hydrogen-bond donors (Lipinski definition) is 2. The maximum Gasteiger partial charge on any atom is 0.243 e. The van der Waals surface area contributed by atoms with Crippen molar-refractivity contribution in [3.63, 3.8) is 0 Å². The lowest BCUT2D eigenvalue weighted by atomic mass is 10.1. The number of phenolic OH excluding ortho intramolecular Hbond substituents is 1. The maximum absolute atomic E-state index is 12.7. The zero-order chi connectivity index (χ0) is 18.6. The molecular formula is C20H19N3O3S. The first-order valence-corrected chi connectivity index (χ1v) is 9.78. The largest absolute Gasteiger partial charge is 0.504 e. The molecule has 0 spiro atoms. The van der Waals surface area contributed by atoms with Crippen molar-refractivity contribution in [3.05, 3.63) is 42.0 Å². The minimum Gasteiger partial charge on any atom is -0.504 e. The number of carbonyl (C=O) groups excluding carboxylic acids is 1. The quantitative estimate of drug-likeness (QED) is 0.713. The van der Waals surface area contributed by atoms with Crippen LogP contribution in [0, 0.1) is 0 Å². The van der Waals surface area contributed by atoms with Gasteiger partial charge in [0.05, 0.1) is 22.3 Å². The van der Waals surface area contributed by atoms with Gasteiger partial charge in [-0.2, -0.15) is 0 Å². The monoisotopic (exact) mass is 381 g/mol. The van der Waals surface area contributed by atoms with E-state index in [1.54, 1.807) is 22.3 Å². The van der Waals surface area contributed by atoms with Crippen molar-refractivity contribution in [2.24, 2.45) is 5.73 Å². The van der Waals surface area contributed by atoms with E-state index in [0.29, 0.717) is 25.4 Å². The van der Waals surface area contributed by atoms with Gasteiger partial charge in [-0.1, -0.05) is 12.1 Å². The van der Waals surface area contributed by atoms with Gasteiger partial charge in [-0.05, 0) is 37.1 Å². The summed E-state index contributed by atoms with van der Waals surface area (Å²) in [5.74, 6) is 0.478. The Morgan fingerprint density at radius 3 is 2.89 bits per heavy atom. The summed E-state index contributed by atoms with van der Waals surface area (Å²) < 4.78 is 6.83. The molecule has 27 heavy (non-hydrogen) atoms. The maximum atomic E-state index is 12.7. The van der Waals surface area contributed by atoms with Crippen molar-refractivity contribution in [1.29, 1.82) is 0 Å². The van der Waals surface area contributed by atoms with Crippen LogP contribution in [0.2, 0.25) is 0 Å². The summed E-state index contributed by atoms with van der Waals surface area (Å²) >= 11 is 1.57. The lowest BCUT2D eigenvalue weighted by molar-refractivity contribution is -0.134. The molecule has 138 valence electrons. The highest BCUT2D eigenvalue weighted by molar-refractivity contribution is 7.21. The molecule has 2 aliphatic rings. The first-order valence-electron chi connectivity index (χ1n) is 8.96. The molecular weight excluding hydrogens is 362 g/mol. The summed E-state index contributed by atoms with van der Waals surface area (Å²) in [7, 11) is 0. The molecule has 0 radical (unpaired) electrons. The average molecular weight is 381 g/mol. The van der Waals surface area contributed by atoms with Gasteiger partial charge in [-0.3, -0.25) is 4.79 Å². The van der Waals surface area contributed by atoms with Crippen molar-refractivity contribution in [2.45, 2.75) is 24.9 Å². The highest BCUT2D eigenvalue weighted by Gasteiger charge is 2.48. The standard InChI is InChI=1S/C20H19N3O3S/c21-20(5-6-20)19(25)23-7-8-26-17-13(11-23)9-12(10-15(17)24)18-22-14-3-1-2-4-16(14)27-18/h1-4,9-10,24H,5-8,11,21H2. The summed E-state index contributed by atoms with van der Waals surface area (Å²) in [5.41, 5.74) is 7.91. The third-order valence-corrected chi connectivity index (χ3v) is 6.24. The molecule has 1 saturated carbocycles. The van der Waals surface area contributed by atoms with Crippen LogP contribution in [0.5, 0.6) is 11.5 Å². The number of nitrogens with two attached hydrogens (primary N) is 1. The number of fused-ring (bicyclic) bond motifs is 2. The Morgan fingerprint density at radius 1 is 1.30 bits per heavy atom. The molecule has 1 aliphatic carbocycles. The van der Waals surface area contributed by atoms with Crippen molar-refractivity contribution in [3.8, 4) is 22.1 Å². The van der Waals surface area contributed by atoms with Crippen LogP contribution in [0.25, 0.3) is 20.8 Å². The van der Waals surface area contributed by atoms with Crippen molar-refractivity contribution in [1.82, 2.24) is 9.88 Å². The third kappa shape index (κ3) is 2.83. The Kier molecular flexibility index (Phi) is 3.63. The second kappa shape index (κ2) is 5.94. The molecule has 3 aromatic rings. The molecule has 3 N–H and O–H groups in total. The molecule has 1 aromatic heterocycles. The first kappa shape index (κ1) is 16.5. The Balaban J connectivity index is 1.54. The van der Waals surface area contributed by atoms with Crippen molar-refractivity contribution in [2.75, 3.05) is 13.2 Å². The Bertz CT molecular complexity index is 1020. The molecule has 1 fully saturated rings. The number of carbonyl (C=O) groups is 1. The highest BCUT2D eigenvalue weighted by atomic mass is 32.1. The van der Waals surface area contributed by atoms with Gasteiger partial charge in [-0.25, -0.2) is 4.98 Å². The number of para-hydroxylation sites is 1. The summed E-state index contributed by atoms with van der Waals surface area (Å²) in [5, 5.41) is 11.3. The summed E-state index contributed by atoms with van der Waals surface area (Å²) in [6.45, 7) is 1.17. The number of hydrogen-bond acceptors (Lipinski definition) is 6. The molecule has 1 amide bonds. The molecule has 0 saturated heterocycles. The number of thiazole rings is 1. The number of rotatable bonds is 2. The number of amides is 1. The van der Waals surface area contributed by atoms with Gasteiger partial charge in [0.25, 0.3) is 0 Å². The van der Waals surface area contributed by atoms with Crippen LogP contribution in [0.15, 0.2) is 36.4 Å².